The summed E-state index contributed by atoms with van der Waals surface area (Å²) in [6.45, 7) is 4.46. The number of anilines is 1. The molecule has 0 saturated carbocycles. The first-order valence-electron chi connectivity index (χ1n) is 5.47. The normalized spacial score (nSPS) is 9.53. The molecule has 92 valence electrons. The van der Waals surface area contributed by atoms with Gasteiger partial charge in [0.15, 0.2) is 6.61 Å². The van der Waals surface area contributed by atoms with Gasteiger partial charge in [0.25, 0.3) is 5.91 Å². The predicted molar refractivity (Wildman–Crippen MR) is 68.8 cm³/mol. The van der Waals surface area contributed by atoms with Gasteiger partial charge in [-0.1, -0.05) is 23.8 Å². The highest BCUT2D eigenvalue weighted by Gasteiger charge is 2.03. The van der Waals surface area contributed by atoms with Gasteiger partial charge in [-0.3, -0.25) is 4.79 Å². The first kappa shape index (κ1) is 13.1. The van der Waals surface area contributed by atoms with Crippen molar-refractivity contribution in [3.8, 4) is 5.75 Å². The van der Waals surface area contributed by atoms with E-state index < -0.39 is 0 Å². The van der Waals surface area contributed by atoms with E-state index in [-0.39, 0.29) is 12.5 Å². The number of allylic oxidation sites excluding steroid dienone is 1. The second-order valence-electron chi connectivity index (χ2n) is 3.91. The second-order valence-corrected chi connectivity index (χ2v) is 3.91. The van der Waals surface area contributed by atoms with E-state index in [9.17, 15) is 4.79 Å². The summed E-state index contributed by atoms with van der Waals surface area (Å²) in [5.74, 6) is 0.371. The predicted octanol–water partition coefficient (Wildman–Crippen LogP) is 1.73. The van der Waals surface area contributed by atoms with Gasteiger partial charge in [-0.25, -0.2) is 0 Å². The molecule has 0 bridgehead atoms. The number of carbonyl (C=O) groups is 1. The lowest BCUT2D eigenvalue weighted by atomic mass is 10.3. The third kappa shape index (κ3) is 5.06. The maximum atomic E-state index is 11.4. The van der Waals surface area contributed by atoms with E-state index in [1.165, 1.54) is 5.57 Å². The first-order chi connectivity index (χ1) is 8.09. The number of nitrogens with two attached hydrogens (primary N) is 1. The van der Waals surface area contributed by atoms with E-state index in [0.29, 0.717) is 18.0 Å². The lowest BCUT2D eigenvalue weighted by molar-refractivity contribution is -0.122. The molecule has 0 unspecified atom stereocenters. The van der Waals surface area contributed by atoms with Crippen LogP contribution in [0.2, 0.25) is 0 Å². The number of hydrogen-bond donors (Lipinski definition) is 2. The van der Waals surface area contributed by atoms with E-state index in [0.717, 1.165) is 0 Å². The molecule has 0 heterocycles. The molecule has 0 aliphatic rings. The zero-order valence-corrected chi connectivity index (χ0v) is 10.2. The van der Waals surface area contributed by atoms with E-state index in [2.05, 4.69) is 5.32 Å². The summed E-state index contributed by atoms with van der Waals surface area (Å²) in [4.78, 5) is 11.4. The number of rotatable bonds is 5. The zero-order chi connectivity index (χ0) is 12.7. The van der Waals surface area contributed by atoms with Gasteiger partial charge in [0, 0.05) is 6.54 Å². The van der Waals surface area contributed by atoms with Crippen molar-refractivity contribution in [2.24, 2.45) is 0 Å². The Hall–Kier alpha value is -1.97. The molecule has 0 aliphatic carbocycles. The molecule has 1 rings (SSSR count). The van der Waals surface area contributed by atoms with Gasteiger partial charge in [-0.2, -0.15) is 0 Å². The van der Waals surface area contributed by atoms with Crippen LogP contribution in [0.1, 0.15) is 13.8 Å². The molecule has 4 nitrogen and oxygen atoms in total. The van der Waals surface area contributed by atoms with Gasteiger partial charge >= 0.3 is 0 Å². The highest BCUT2D eigenvalue weighted by atomic mass is 16.5. The number of nitrogen functional groups attached to an aromatic ring is 1. The number of hydrogen-bond acceptors (Lipinski definition) is 3. The Labute approximate surface area is 101 Å². The van der Waals surface area contributed by atoms with Crippen LogP contribution in [0.5, 0.6) is 5.75 Å². The largest absolute Gasteiger partial charge is 0.482 e. The number of carbonyl (C=O) groups excluding carboxylic acids is 1. The van der Waals surface area contributed by atoms with E-state index in [1.54, 1.807) is 12.1 Å². The molecule has 1 aromatic rings. The average Bonchev–Trinajstić information content (AvgIpc) is 2.27. The molecule has 0 fully saturated rings. The minimum Gasteiger partial charge on any atom is -0.482 e. The molecule has 0 spiro atoms. The molecule has 0 atom stereocenters. The molecule has 0 aromatic heterocycles. The Bertz CT molecular complexity index is 410. The summed E-state index contributed by atoms with van der Waals surface area (Å²) in [6.07, 6.45) is 1.94. The Morgan fingerprint density at radius 1 is 1.41 bits per heavy atom. The average molecular weight is 234 g/mol. The van der Waals surface area contributed by atoms with Crippen LogP contribution in [-0.4, -0.2) is 19.1 Å². The molecule has 1 amide bonds. The van der Waals surface area contributed by atoms with Crippen molar-refractivity contribution >= 4 is 11.6 Å². The fourth-order valence-electron chi connectivity index (χ4n) is 1.18. The number of benzene rings is 1. The summed E-state index contributed by atoms with van der Waals surface area (Å²) >= 11 is 0. The van der Waals surface area contributed by atoms with Gasteiger partial charge in [0.05, 0.1) is 5.69 Å². The maximum Gasteiger partial charge on any atom is 0.258 e. The topological polar surface area (TPSA) is 64.3 Å². The molecule has 0 aliphatic heterocycles. The smallest absolute Gasteiger partial charge is 0.258 e. The highest BCUT2D eigenvalue weighted by Crippen LogP contribution is 2.19. The van der Waals surface area contributed by atoms with Crippen molar-refractivity contribution in [3.05, 3.63) is 35.9 Å². The molecular weight excluding hydrogens is 216 g/mol. The van der Waals surface area contributed by atoms with Crippen LogP contribution in [0, 0.1) is 0 Å². The van der Waals surface area contributed by atoms with Crippen molar-refractivity contribution in [2.45, 2.75) is 13.8 Å². The van der Waals surface area contributed by atoms with Crippen LogP contribution in [0.3, 0.4) is 0 Å². The Balaban J connectivity index is 2.34. The molecule has 1 aromatic carbocycles. The van der Waals surface area contributed by atoms with Crippen molar-refractivity contribution in [3.63, 3.8) is 0 Å². The first-order valence-corrected chi connectivity index (χ1v) is 5.47. The summed E-state index contributed by atoms with van der Waals surface area (Å²) in [5, 5.41) is 2.72. The number of para-hydroxylation sites is 2. The summed E-state index contributed by atoms with van der Waals surface area (Å²) in [6, 6.07) is 7.10. The van der Waals surface area contributed by atoms with E-state index in [4.69, 9.17) is 10.5 Å². The minimum absolute atomic E-state index is 0.0230. The Morgan fingerprint density at radius 2 is 2.12 bits per heavy atom. The molecule has 4 heteroatoms. The molecule has 0 radical (unpaired) electrons. The quantitative estimate of drug-likeness (QED) is 0.602. The fraction of sp³-hybridized carbons (Fsp3) is 0.308. The van der Waals surface area contributed by atoms with Gasteiger partial charge in [0.1, 0.15) is 5.75 Å². The number of nitrogens with one attached hydrogen (secondary N) is 1. The van der Waals surface area contributed by atoms with Crippen LogP contribution in [0.25, 0.3) is 0 Å². The standard InChI is InChI=1S/C13H18N2O2/c1-10(2)7-8-15-13(16)9-17-12-6-4-3-5-11(12)14/h3-7H,8-9,14H2,1-2H3,(H,15,16). The lowest BCUT2D eigenvalue weighted by Crippen LogP contribution is -2.29. The SMILES string of the molecule is CC(C)=CCNC(=O)COc1ccccc1N. The Kier molecular flexibility index (Phi) is 5.07. The number of amides is 1. The zero-order valence-electron chi connectivity index (χ0n) is 10.2. The van der Waals surface area contributed by atoms with Gasteiger partial charge in [-0.15, -0.1) is 0 Å². The lowest BCUT2D eigenvalue weighted by Gasteiger charge is -2.08. The molecular formula is C13H18N2O2. The van der Waals surface area contributed by atoms with E-state index >= 15 is 0 Å². The molecule has 3 N–H and O–H groups in total. The third-order valence-electron chi connectivity index (χ3n) is 2.09. The van der Waals surface area contributed by atoms with Crippen molar-refractivity contribution in [2.75, 3.05) is 18.9 Å². The van der Waals surface area contributed by atoms with Crippen LogP contribution in [-0.2, 0) is 4.79 Å². The summed E-state index contributed by atoms with van der Waals surface area (Å²) in [5.41, 5.74) is 7.38. The van der Waals surface area contributed by atoms with Crippen LogP contribution in [0.4, 0.5) is 5.69 Å². The monoisotopic (exact) mass is 234 g/mol. The van der Waals surface area contributed by atoms with Crippen LogP contribution in [0.15, 0.2) is 35.9 Å². The molecule has 0 saturated heterocycles. The van der Waals surface area contributed by atoms with Crippen molar-refractivity contribution < 1.29 is 9.53 Å². The van der Waals surface area contributed by atoms with Crippen molar-refractivity contribution in [1.82, 2.24) is 5.32 Å². The van der Waals surface area contributed by atoms with Crippen LogP contribution < -0.4 is 15.8 Å². The fourth-order valence-corrected chi connectivity index (χ4v) is 1.18. The Morgan fingerprint density at radius 3 is 2.76 bits per heavy atom. The maximum absolute atomic E-state index is 11.4. The number of ether oxygens (including phenoxy) is 1. The second kappa shape index (κ2) is 6.58. The molecule has 17 heavy (non-hydrogen) atoms. The third-order valence-corrected chi connectivity index (χ3v) is 2.09. The summed E-state index contributed by atoms with van der Waals surface area (Å²) < 4.78 is 5.30. The van der Waals surface area contributed by atoms with E-state index in [1.807, 2.05) is 32.1 Å². The van der Waals surface area contributed by atoms with Gasteiger partial charge in [0.2, 0.25) is 0 Å². The summed E-state index contributed by atoms with van der Waals surface area (Å²) in [7, 11) is 0. The van der Waals surface area contributed by atoms with Gasteiger partial charge < -0.3 is 15.8 Å². The van der Waals surface area contributed by atoms with Crippen LogP contribution >= 0.6 is 0 Å². The minimum atomic E-state index is -0.161. The van der Waals surface area contributed by atoms with Gasteiger partial charge in [-0.05, 0) is 26.0 Å². The highest BCUT2D eigenvalue weighted by molar-refractivity contribution is 5.77. The van der Waals surface area contributed by atoms with Crippen molar-refractivity contribution in [1.29, 1.82) is 0 Å².